The molecule has 0 aliphatic heterocycles. The van der Waals surface area contributed by atoms with Crippen molar-refractivity contribution in [1.29, 1.82) is 0 Å². The second-order valence-corrected chi connectivity index (χ2v) is 11.8. The van der Waals surface area contributed by atoms with Gasteiger partial charge >= 0.3 is 0 Å². The molecule has 0 N–H and O–H groups in total. The Morgan fingerprint density at radius 2 is 1.10 bits per heavy atom. The molecule has 4 aromatic heterocycles. The molecule has 0 atom stereocenters. The van der Waals surface area contributed by atoms with Gasteiger partial charge in [0.05, 0.1) is 11.4 Å². The summed E-state index contributed by atoms with van der Waals surface area (Å²) in [7, 11) is 0. The summed E-state index contributed by atoms with van der Waals surface area (Å²) in [4.78, 5) is 23.3. The fraction of sp³-hybridized carbons (Fsp3) is 0. The Morgan fingerprint density at radius 3 is 1.84 bits per heavy atom. The number of fused-ring (bicyclic) bond motifs is 2. The number of pyridine rings is 2. The molecule has 230 valence electrons. The van der Waals surface area contributed by atoms with Crippen molar-refractivity contribution in [3.05, 3.63) is 164 Å². The van der Waals surface area contributed by atoms with E-state index in [1.54, 1.807) is 12.4 Å². The quantitative estimate of drug-likeness (QED) is 0.182. The largest absolute Gasteiger partial charge is 0.418 e. The number of benzene rings is 5. The summed E-state index contributed by atoms with van der Waals surface area (Å²) < 4.78 is 5.91. The van der Waals surface area contributed by atoms with Gasteiger partial charge in [0.1, 0.15) is 5.52 Å². The van der Waals surface area contributed by atoms with Crippen LogP contribution < -0.4 is 0 Å². The monoisotopic (exact) mass is 629 g/mol. The predicted molar refractivity (Wildman–Crippen MR) is 195 cm³/mol. The third-order valence-corrected chi connectivity index (χ3v) is 8.74. The molecule has 0 radical (unpaired) electrons. The molecule has 6 nitrogen and oxygen atoms in total. The molecule has 0 saturated heterocycles. The van der Waals surface area contributed by atoms with Crippen molar-refractivity contribution in [3.63, 3.8) is 0 Å². The molecule has 9 rings (SSSR count). The van der Waals surface area contributed by atoms with Gasteiger partial charge in [0.25, 0.3) is 0 Å². The molecule has 4 heterocycles. The predicted octanol–water partition coefficient (Wildman–Crippen LogP) is 10.6. The van der Waals surface area contributed by atoms with Gasteiger partial charge in [-0.15, -0.1) is 0 Å². The minimum atomic E-state index is 0.521. The fourth-order valence-corrected chi connectivity index (χ4v) is 6.19. The lowest BCUT2D eigenvalue weighted by Crippen LogP contribution is -1.96. The molecule has 9 aromatic rings. The van der Waals surface area contributed by atoms with Crippen LogP contribution in [0.1, 0.15) is 0 Å². The van der Waals surface area contributed by atoms with Crippen molar-refractivity contribution in [3.8, 4) is 67.6 Å². The molecule has 0 aliphatic carbocycles. The molecule has 0 bridgehead atoms. The van der Waals surface area contributed by atoms with Crippen LogP contribution in [0.5, 0.6) is 0 Å². The summed E-state index contributed by atoms with van der Waals surface area (Å²) in [5, 5.41) is 2.45. The van der Waals surface area contributed by atoms with Gasteiger partial charge in [0.15, 0.2) is 5.82 Å². The van der Waals surface area contributed by atoms with Crippen LogP contribution in [0.3, 0.4) is 0 Å². The van der Waals surface area contributed by atoms with Crippen molar-refractivity contribution in [2.24, 2.45) is 0 Å². The van der Waals surface area contributed by atoms with Crippen LogP contribution in [0.25, 0.3) is 89.6 Å². The first-order valence-corrected chi connectivity index (χ1v) is 16.1. The molecular formula is C43H27N5O. The Morgan fingerprint density at radius 1 is 0.449 bits per heavy atom. The third-order valence-electron chi connectivity index (χ3n) is 8.74. The minimum Gasteiger partial charge on any atom is -0.418 e. The highest BCUT2D eigenvalue weighted by molar-refractivity contribution is 5.96. The number of rotatable bonds is 6. The number of hydrogen-bond acceptors (Lipinski definition) is 6. The Hall–Kier alpha value is -6.79. The molecular weight excluding hydrogens is 603 g/mol. The van der Waals surface area contributed by atoms with Crippen molar-refractivity contribution < 1.29 is 4.42 Å². The second kappa shape index (κ2) is 12.1. The van der Waals surface area contributed by atoms with Crippen LogP contribution in [0.15, 0.2) is 169 Å². The Kier molecular flexibility index (Phi) is 7.02. The molecule has 49 heavy (non-hydrogen) atoms. The molecule has 6 heteroatoms. The number of aromatic nitrogens is 5. The molecule has 0 fully saturated rings. The van der Waals surface area contributed by atoms with Crippen LogP contribution in [0.4, 0.5) is 0 Å². The van der Waals surface area contributed by atoms with Gasteiger partial charge < -0.3 is 4.42 Å². The van der Waals surface area contributed by atoms with Crippen LogP contribution in [-0.4, -0.2) is 24.9 Å². The first kappa shape index (κ1) is 28.4. The van der Waals surface area contributed by atoms with Crippen LogP contribution in [0, 0.1) is 0 Å². The van der Waals surface area contributed by atoms with E-state index in [2.05, 4.69) is 112 Å². The van der Waals surface area contributed by atoms with Crippen molar-refractivity contribution in [1.82, 2.24) is 24.9 Å². The van der Waals surface area contributed by atoms with E-state index >= 15 is 0 Å². The number of hydrogen-bond donors (Lipinski definition) is 0. The Labute approximate surface area is 282 Å². The minimum absolute atomic E-state index is 0.521. The summed E-state index contributed by atoms with van der Waals surface area (Å²) in [6.07, 6.45) is 5.36. The van der Waals surface area contributed by atoms with Gasteiger partial charge in [-0.1, -0.05) is 109 Å². The van der Waals surface area contributed by atoms with E-state index in [4.69, 9.17) is 14.4 Å². The summed E-state index contributed by atoms with van der Waals surface area (Å²) in [6, 6.07) is 49.7. The molecule has 0 spiro atoms. The molecule has 0 unspecified atom stereocenters. The smallest absolute Gasteiger partial charge is 0.247 e. The van der Waals surface area contributed by atoms with E-state index in [1.807, 2.05) is 54.7 Å². The van der Waals surface area contributed by atoms with Gasteiger partial charge in [0.2, 0.25) is 11.6 Å². The van der Waals surface area contributed by atoms with Crippen LogP contribution in [0.2, 0.25) is 0 Å². The highest BCUT2D eigenvalue weighted by atomic mass is 16.4. The molecule has 5 aromatic carbocycles. The maximum atomic E-state index is 5.91. The first-order chi connectivity index (χ1) is 24.2. The normalized spacial score (nSPS) is 11.3. The fourth-order valence-electron chi connectivity index (χ4n) is 6.19. The van der Waals surface area contributed by atoms with Gasteiger partial charge in [-0.2, -0.15) is 0 Å². The zero-order valence-electron chi connectivity index (χ0n) is 26.2. The van der Waals surface area contributed by atoms with Gasteiger partial charge in [0, 0.05) is 40.8 Å². The first-order valence-electron chi connectivity index (χ1n) is 16.1. The summed E-state index contributed by atoms with van der Waals surface area (Å²) in [6.45, 7) is 0. The van der Waals surface area contributed by atoms with E-state index in [1.165, 1.54) is 16.3 Å². The van der Waals surface area contributed by atoms with Crippen LogP contribution >= 0.6 is 0 Å². The average molecular weight is 630 g/mol. The summed E-state index contributed by atoms with van der Waals surface area (Å²) in [5.41, 5.74) is 11.2. The Bertz CT molecular complexity index is 2540. The SMILES string of the molecule is c1cncc(-c2ccc(-c3cc(-c4ccc(-c5nc6cccnc6o5)cc4)nc(-c4ccc(-c5cccc6ccccc56)cc4)n3)cc2)c1. The van der Waals surface area contributed by atoms with E-state index in [0.717, 1.165) is 55.8 Å². The van der Waals surface area contributed by atoms with Gasteiger partial charge in [-0.25, -0.2) is 19.9 Å². The maximum Gasteiger partial charge on any atom is 0.247 e. The van der Waals surface area contributed by atoms with Crippen molar-refractivity contribution >= 4 is 22.0 Å². The van der Waals surface area contributed by atoms with Gasteiger partial charge in [-0.3, -0.25) is 4.98 Å². The number of oxazole rings is 1. The van der Waals surface area contributed by atoms with Crippen molar-refractivity contribution in [2.45, 2.75) is 0 Å². The zero-order valence-corrected chi connectivity index (χ0v) is 26.2. The molecule has 0 amide bonds. The second-order valence-electron chi connectivity index (χ2n) is 11.8. The lowest BCUT2D eigenvalue weighted by Gasteiger charge is -2.11. The van der Waals surface area contributed by atoms with E-state index in [9.17, 15) is 0 Å². The highest BCUT2D eigenvalue weighted by Crippen LogP contribution is 2.33. The lowest BCUT2D eigenvalue weighted by molar-refractivity contribution is 0.608. The van der Waals surface area contributed by atoms with E-state index in [-0.39, 0.29) is 0 Å². The maximum absolute atomic E-state index is 5.91. The topological polar surface area (TPSA) is 77.6 Å². The highest BCUT2D eigenvalue weighted by Gasteiger charge is 2.14. The van der Waals surface area contributed by atoms with Crippen LogP contribution in [-0.2, 0) is 0 Å². The molecule has 0 aliphatic rings. The lowest BCUT2D eigenvalue weighted by atomic mass is 9.97. The zero-order chi connectivity index (χ0) is 32.6. The molecule has 0 saturated carbocycles. The van der Waals surface area contributed by atoms with Gasteiger partial charge in [-0.05, 0) is 69.4 Å². The van der Waals surface area contributed by atoms with E-state index < -0.39 is 0 Å². The Balaban J connectivity index is 1.11. The number of nitrogens with zero attached hydrogens (tertiary/aromatic N) is 5. The standard InChI is InChI=1S/C43H27N5O/c1-2-9-36-29(6-1)7-3-10-37(36)30-14-20-33(21-15-30)41-46-39(31-16-12-28(13-17-31)35-8-4-24-44-27-35)26-40(47-41)32-18-22-34(23-19-32)42-48-38-11-5-25-45-43(38)49-42/h1-27H. The average Bonchev–Trinajstić information content (AvgIpc) is 3.63. The van der Waals surface area contributed by atoms with Crippen molar-refractivity contribution in [2.75, 3.05) is 0 Å². The summed E-state index contributed by atoms with van der Waals surface area (Å²) in [5.74, 6) is 1.19. The third kappa shape index (κ3) is 5.51. The summed E-state index contributed by atoms with van der Waals surface area (Å²) >= 11 is 0. The van der Waals surface area contributed by atoms with E-state index in [0.29, 0.717) is 17.4 Å².